The maximum absolute atomic E-state index is 2.18. The normalized spacial score (nSPS) is 10.7. The summed E-state index contributed by atoms with van der Waals surface area (Å²) in [6, 6.07) is 12.0. The Labute approximate surface area is 108 Å². The van der Waals surface area contributed by atoms with Crippen molar-refractivity contribution in [3.05, 3.63) is 75.6 Å². The number of hydrogen-bond acceptors (Lipinski definition) is 0. The number of benzene rings is 1. The van der Waals surface area contributed by atoms with Crippen molar-refractivity contribution in [3.8, 4) is 0 Å². The first-order valence-corrected chi connectivity index (χ1v) is 4.32. The molecular weight excluding hydrogens is 269 g/mol. The van der Waals surface area contributed by atoms with Gasteiger partial charge in [0, 0.05) is 0 Å². The molecule has 0 atom stereocenters. The Morgan fingerprint density at radius 2 is 0.800 bits per heavy atom. The minimum atomic E-state index is 0. The fraction of sp³-hybridized carbons (Fsp3) is 0.143. The van der Waals surface area contributed by atoms with Crippen molar-refractivity contribution in [2.24, 2.45) is 0 Å². The first kappa shape index (κ1) is 19.8. The number of hydrogen-bond donors (Lipinski definition) is 0. The van der Waals surface area contributed by atoms with Crippen LogP contribution < -0.4 is 0 Å². The monoisotopic (exact) mass is 290 g/mol. The summed E-state index contributed by atoms with van der Waals surface area (Å²) < 4.78 is 0. The summed E-state index contributed by atoms with van der Waals surface area (Å²) in [4.78, 5) is 0. The zero-order valence-corrected chi connectivity index (χ0v) is 11.3. The summed E-state index contributed by atoms with van der Waals surface area (Å²) in [7, 11) is 0. The van der Waals surface area contributed by atoms with E-state index in [1.807, 2.05) is 36.4 Å². The van der Waals surface area contributed by atoms with E-state index < -0.39 is 0 Å². The molecule has 0 saturated heterocycles. The summed E-state index contributed by atoms with van der Waals surface area (Å²) >= 11 is 0. The van der Waals surface area contributed by atoms with Gasteiger partial charge in [-0.25, -0.2) is 0 Å². The fourth-order valence-electron chi connectivity index (χ4n) is 0.927. The molecule has 0 saturated carbocycles. The zero-order valence-electron chi connectivity index (χ0n) is 9.54. The van der Waals surface area contributed by atoms with Gasteiger partial charge in [-0.05, 0) is 12.8 Å². The minimum absolute atomic E-state index is 0. The average Bonchev–Trinajstić information content (AvgIpc) is 2.24. The van der Waals surface area contributed by atoms with Gasteiger partial charge in [-0.2, -0.15) is 0 Å². The third-order valence-electron chi connectivity index (χ3n) is 1.55. The molecule has 1 aromatic rings. The molecule has 1 aliphatic carbocycles. The summed E-state index contributed by atoms with van der Waals surface area (Å²) in [6.45, 7) is 0. The van der Waals surface area contributed by atoms with Gasteiger partial charge < -0.3 is 14.9 Å². The molecule has 0 N–H and O–H groups in total. The van der Waals surface area contributed by atoms with Crippen LogP contribution in [0.5, 0.6) is 0 Å². The second-order valence-electron chi connectivity index (χ2n) is 2.59. The molecule has 0 fully saturated rings. The van der Waals surface area contributed by atoms with Crippen molar-refractivity contribution in [1.29, 1.82) is 0 Å². The molecule has 0 spiro atoms. The first-order chi connectivity index (χ1) is 6.00. The van der Waals surface area contributed by atoms with E-state index in [1.165, 1.54) is 12.8 Å². The molecule has 1 heteroatoms. The van der Waals surface area contributed by atoms with Crippen molar-refractivity contribution in [2.45, 2.75) is 12.8 Å². The maximum atomic E-state index is 2.18. The van der Waals surface area contributed by atoms with E-state index in [0.29, 0.717) is 0 Å². The number of rotatable bonds is 0. The fourth-order valence-corrected chi connectivity index (χ4v) is 0.927. The van der Waals surface area contributed by atoms with Crippen LogP contribution in [0.25, 0.3) is 0 Å². The quantitative estimate of drug-likeness (QED) is 0.488. The average molecular weight is 289 g/mol. The van der Waals surface area contributed by atoms with Gasteiger partial charge in [-0.1, -0.05) is 60.7 Å². The summed E-state index contributed by atoms with van der Waals surface area (Å²) in [6.07, 6.45) is 11.0. The molecule has 0 aromatic heterocycles. The largest absolute Gasteiger partial charge is 2.00 e. The molecule has 0 radical (unpaired) electrons. The van der Waals surface area contributed by atoms with E-state index in [9.17, 15) is 0 Å². The predicted octanol–water partition coefficient (Wildman–Crippen LogP) is 4.48. The molecule has 84 valence electrons. The van der Waals surface area contributed by atoms with Crippen LogP contribution in [-0.2, 0) is 19.5 Å². The molecule has 0 nitrogen and oxygen atoms in total. The van der Waals surface area contributed by atoms with E-state index in [2.05, 4.69) is 24.3 Å². The SMILES string of the molecule is C1=CCCC=C1.[CH3-].[CH3-].[Ru+2].c1ccccc1. The molecule has 0 aliphatic heterocycles. The van der Waals surface area contributed by atoms with Gasteiger partial charge >= 0.3 is 19.5 Å². The predicted molar refractivity (Wildman–Crippen MR) is 66.8 cm³/mol. The second kappa shape index (κ2) is 15.8. The van der Waals surface area contributed by atoms with Crippen molar-refractivity contribution < 1.29 is 19.5 Å². The second-order valence-corrected chi connectivity index (χ2v) is 2.59. The summed E-state index contributed by atoms with van der Waals surface area (Å²) in [5.41, 5.74) is 0. The standard InChI is InChI=1S/C6H8.C6H6.2CH3.Ru/c2*1-2-4-6-5-3-1;;;/h1-4H,5-6H2;1-6H;2*1H3;/q;;2*-1;+2. The molecule has 0 unspecified atom stereocenters. The van der Waals surface area contributed by atoms with Gasteiger partial charge in [0.15, 0.2) is 0 Å². The molecule has 0 amide bonds. The Morgan fingerprint density at radius 3 is 0.933 bits per heavy atom. The number of allylic oxidation sites excluding steroid dienone is 4. The summed E-state index contributed by atoms with van der Waals surface area (Å²) in [5.74, 6) is 0. The van der Waals surface area contributed by atoms with Gasteiger partial charge in [-0.15, -0.1) is 0 Å². The van der Waals surface area contributed by atoms with Gasteiger partial charge in [0.05, 0.1) is 0 Å². The van der Waals surface area contributed by atoms with Crippen LogP contribution in [0.2, 0.25) is 0 Å². The van der Waals surface area contributed by atoms with E-state index in [0.717, 1.165) is 0 Å². The first-order valence-electron chi connectivity index (χ1n) is 4.32. The van der Waals surface area contributed by atoms with Gasteiger partial charge in [0.25, 0.3) is 0 Å². The Morgan fingerprint density at radius 1 is 0.533 bits per heavy atom. The van der Waals surface area contributed by atoms with Gasteiger partial charge in [-0.3, -0.25) is 0 Å². The van der Waals surface area contributed by atoms with Crippen LogP contribution in [-0.4, -0.2) is 0 Å². The van der Waals surface area contributed by atoms with Crippen LogP contribution in [0.15, 0.2) is 60.7 Å². The zero-order chi connectivity index (χ0) is 8.49. The van der Waals surface area contributed by atoms with E-state index in [4.69, 9.17) is 0 Å². The van der Waals surface area contributed by atoms with Crippen LogP contribution in [0.3, 0.4) is 0 Å². The third kappa shape index (κ3) is 13.3. The van der Waals surface area contributed by atoms with Crippen molar-refractivity contribution in [2.75, 3.05) is 0 Å². The smallest absolute Gasteiger partial charge is 0.358 e. The molecule has 15 heavy (non-hydrogen) atoms. The Kier molecular flexibility index (Phi) is 20.9. The van der Waals surface area contributed by atoms with Gasteiger partial charge in [0.2, 0.25) is 0 Å². The minimum Gasteiger partial charge on any atom is -0.358 e. The molecule has 1 aromatic carbocycles. The third-order valence-corrected chi connectivity index (χ3v) is 1.55. The van der Waals surface area contributed by atoms with Crippen LogP contribution in [0.4, 0.5) is 0 Å². The van der Waals surface area contributed by atoms with Crippen LogP contribution in [0.1, 0.15) is 12.8 Å². The van der Waals surface area contributed by atoms with E-state index in [-0.39, 0.29) is 34.3 Å². The van der Waals surface area contributed by atoms with Crippen molar-refractivity contribution in [3.63, 3.8) is 0 Å². The topological polar surface area (TPSA) is 0 Å². The van der Waals surface area contributed by atoms with E-state index in [1.54, 1.807) is 0 Å². The summed E-state index contributed by atoms with van der Waals surface area (Å²) in [5, 5.41) is 0. The molecule has 1 aliphatic rings. The van der Waals surface area contributed by atoms with Crippen LogP contribution >= 0.6 is 0 Å². The molecular formula is C14H20Ru. The molecule has 0 bridgehead atoms. The Bertz CT molecular complexity index is 198. The van der Waals surface area contributed by atoms with Gasteiger partial charge in [0.1, 0.15) is 0 Å². The van der Waals surface area contributed by atoms with Crippen molar-refractivity contribution in [1.82, 2.24) is 0 Å². The van der Waals surface area contributed by atoms with Crippen LogP contribution in [0, 0.1) is 14.9 Å². The van der Waals surface area contributed by atoms with Crippen molar-refractivity contribution >= 4 is 0 Å². The molecule has 0 heterocycles. The van der Waals surface area contributed by atoms with E-state index >= 15 is 0 Å². The Hall–Kier alpha value is -0.677. The maximum Gasteiger partial charge on any atom is 2.00 e. The Balaban J connectivity index is -0.000000160. The molecule has 2 rings (SSSR count).